The van der Waals surface area contributed by atoms with E-state index in [9.17, 15) is 4.39 Å². The van der Waals surface area contributed by atoms with E-state index < -0.39 is 0 Å². The van der Waals surface area contributed by atoms with Gasteiger partial charge in [0.05, 0.1) is 20.3 Å². The fourth-order valence-corrected chi connectivity index (χ4v) is 5.36. The third kappa shape index (κ3) is 5.62. The number of halogens is 1. The second-order valence-electron chi connectivity index (χ2n) is 9.52. The van der Waals surface area contributed by atoms with Crippen LogP contribution in [-0.2, 0) is 0 Å². The van der Waals surface area contributed by atoms with E-state index in [0.717, 1.165) is 47.9 Å². The molecule has 2 heterocycles. The Kier molecular flexibility index (Phi) is 7.53. The van der Waals surface area contributed by atoms with Gasteiger partial charge in [0.15, 0.2) is 0 Å². The van der Waals surface area contributed by atoms with Crippen LogP contribution >= 0.6 is 0 Å². The average Bonchev–Trinajstić information content (AvgIpc) is 2.91. The largest absolute Gasteiger partial charge is 0.497 e. The average molecular weight is 476 g/mol. The maximum absolute atomic E-state index is 13.6. The summed E-state index contributed by atoms with van der Waals surface area (Å²) >= 11 is 0. The molecule has 2 aliphatic rings. The minimum Gasteiger partial charge on any atom is -0.497 e. The molecule has 0 N–H and O–H groups in total. The monoisotopic (exact) mass is 475 g/mol. The molecule has 3 aromatic carbocycles. The Morgan fingerprint density at radius 3 is 2.34 bits per heavy atom. The molecule has 1 saturated heterocycles. The van der Waals surface area contributed by atoms with Crippen LogP contribution in [0.25, 0.3) is 0 Å². The molecule has 35 heavy (non-hydrogen) atoms. The zero-order valence-electron chi connectivity index (χ0n) is 20.4. The van der Waals surface area contributed by atoms with Crippen LogP contribution in [0.15, 0.2) is 66.7 Å². The Morgan fingerprint density at radius 1 is 0.886 bits per heavy atom. The molecule has 184 valence electrons. The number of methoxy groups -OCH3 is 1. The molecular weight excluding hydrogens is 441 g/mol. The normalized spacial score (nSPS) is 20.1. The molecule has 0 spiro atoms. The van der Waals surface area contributed by atoms with Gasteiger partial charge < -0.3 is 19.1 Å². The van der Waals surface area contributed by atoms with Crippen molar-refractivity contribution in [2.45, 2.75) is 37.5 Å². The van der Waals surface area contributed by atoms with Crippen molar-refractivity contribution in [1.29, 1.82) is 0 Å². The van der Waals surface area contributed by atoms with E-state index in [-0.39, 0.29) is 17.7 Å². The number of fused-ring (bicyclic) bond motifs is 1. The van der Waals surface area contributed by atoms with Gasteiger partial charge in [-0.05, 0) is 73.8 Å². The molecule has 0 aromatic heterocycles. The summed E-state index contributed by atoms with van der Waals surface area (Å²) in [6, 6.07) is 21.2. The van der Waals surface area contributed by atoms with Crippen molar-refractivity contribution in [3.63, 3.8) is 0 Å². The third-order valence-corrected chi connectivity index (χ3v) is 7.25. The lowest BCUT2D eigenvalue weighted by Crippen LogP contribution is -2.31. The van der Waals surface area contributed by atoms with Gasteiger partial charge in [-0.2, -0.15) is 0 Å². The predicted molar refractivity (Wildman–Crippen MR) is 136 cm³/mol. The van der Waals surface area contributed by atoms with Gasteiger partial charge in [-0.15, -0.1) is 0 Å². The summed E-state index contributed by atoms with van der Waals surface area (Å²) in [6.07, 6.45) is 5.06. The number of hydrogen-bond acceptors (Lipinski definition) is 4. The first-order valence-corrected chi connectivity index (χ1v) is 12.7. The first kappa shape index (κ1) is 23.7. The van der Waals surface area contributed by atoms with Gasteiger partial charge in [0, 0.05) is 30.0 Å². The van der Waals surface area contributed by atoms with Crippen LogP contribution in [0.3, 0.4) is 0 Å². The zero-order valence-corrected chi connectivity index (χ0v) is 20.4. The molecule has 0 amide bonds. The van der Waals surface area contributed by atoms with Crippen LogP contribution in [0.2, 0.25) is 0 Å². The minimum atomic E-state index is -0.228. The van der Waals surface area contributed by atoms with E-state index >= 15 is 0 Å². The standard InChI is InChI=1S/C30H34FNO3/c1-33-26-14-15-27-29(20-26)35-21-28(22-6-10-24(31)11-7-22)30(27)23-8-12-25(13-9-23)34-19-5-18-32-16-3-2-4-17-32/h6-15,20,28,30H,2-5,16-19,21H2,1H3/t28-,30-/m1/s1. The fraction of sp³-hybridized carbons (Fsp3) is 0.400. The van der Waals surface area contributed by atoms with Gasteiger partial charge in [-0.25, -0.2) is 4.39 Å². The molecule has 3 aromatic rings. The maximum atomic E-state index is 13.6. The molecule has 2 atom stereocenters. The van der Waals surface area contributed by atoms with Crippen LogP contribution in [0.1, 0.15) is 54.2 Å². The Bertz CT molecular complexity index is 1090. The fourth-order valence-electron chi connectivity index (χ4n) is 5.36. The summed E-state index contributed by atoms with van der Waals surface area (Å²) in [5.41, 5.74) is 3.37. The van der Waals surface area contributed by atoms with Crippen molar-refractivity contribution in [1.82, 2.24) is 4.90 Å². The van der Waals surface area contributed by atoms with Crippen LogP contribution in [0.4, 0.5) is 4.39 Å². The highest BCUT2D eigenvalue weighted by Crippen LogP contribution is 2.47. The smallest absolute Gasteiger partial charge is 0.126 e. The highest BCUT2D eigenvalue weighted by atomic mass is 19.1. The lowest BCUT2D eigenvalue weighted by Gasteiger charge is -2.34. The SMILES string of the molecule is COc1ccc2c(c1)OC[C@H](c1ccc(F)cc1)[C@@H]2c1ccc(OCCCN2CCCCC2)cc1. The maximum Gasteiger partial charge on any atom is 0.126 e. The van der Waals surface area contributed by atoms with E-state index in [1.54, 1.807) is 7.11 Å². The first-order valence-electron chi connectivity index (χ1n) is 12.7. The van der Waals surface area contributed by atoms with Crippen LogP contribution in [0.5, 0.6) is 17.2 Å². The Hall–Kier alpha value is -3.05. The molecule has 5 rings (SSSR count). The second kappa shape index (κ2) is 11.1. The lowest BCUT2D eigenvalue weighted by atomic mass is 9.76. The molecular formula is C30H34FNO3. The van der Waals surface area contributed by atoms with E-state index in [0.29, 0.717) is 6.61 Å². The second-order valence-corrected chi connectivity index (χ2v) is 9.52. The summed E-state index contributed by atoms with van der Waals surface area (Å²) < 4.78 is 31.2. The van der Waals surface area contributed by atoms with E-state index in [1.807, 2.05) is 24.3 Å². The summed E-state index contributed by atoms with van der Waals surface area (Å²) in [6.45, 7) is 4.81. The molecule has 1 fully saturated rings. The Labute approximate surface area is 207 Å². The van der Waals surface area contributed by atoms with Crippen molar-refractivity contribution in [3.8, 4) is 17.2 Å². The number of piperidine rings is 1. The topological polar surface area (TPSA) is 30.9 Å². The third-order valence-electron chi connectivity index (χ3n) is 7.25. The molecule has 2 aliphatic heterocycles. The van der Waals surface area contributed by atoms with Crippen molar-refractivity contribution in [3.05, 3.63) is 89.2 Å². The van der Waals surface area contributed by atoms with Crippen LogP contribution in [0, 0.1) is 5.82 Å². The quantitative estimate of drug-likeness (QED) is 0.353. The van der Waals surface area contributed by atoms with Gasteiger partial charge in [0.25, 0.3) is 0 Å². The van der Waals surface area contributed by atoms with Crippen LogP contribution in [-0.4, -0.2) is 44.9 Å². The summed E-state index contributed by atoms with van der Waals surface area (Å²) in [7, 11) is 1.66. The Morgan fingerprint density at radius 2 is 1.60 bits per heavy atom. The molecule has 0 aliphatic carbocycles. The van der Waals surface area contributed by atoms with Crippen LogP contribution < -0.4 is 14.2 Å². The van der Waals surface area contributed by atoms with E-state index in [1.165, 1.54) is 50.0 Å². The number of ether oxygens (including phenoxy) is 3. The lowest BCUT2D eigenvalue weighted by molar-refractivity contribution is 0.205. The zero-order chi connectivity index (χ0) is 24.0. The number of benzene rings is 3. The first-order chi connectivity index (χ1) is 17.2. The molecule has 0 unspecified atom stereocenters. The van der Waals surface area contributed by atoms with Crippen molar-refractivity contribution in [2.75, 3.05) is 40.0 Å². The Balaban J connectivity index is 1.32. The highest BCUT2D eigenvalue weighted by molar-refractivity contribution is 5.51. The van der Waals surface area contributed by atoms with Gasteiger partial charge >= 0.3 is 0 Å². The summed E-state index contributed by atoms with van der Waals surface area (Å²) in [5, 5.41) is 0. The highest BCUT2D eigenvalue weighted by Gasteiger charge is 2.33. The van der Waals surface area contributed by atoms with Crippen molar-refractivity contribution >= 4 is 0 Å². The van der Waals surface area contributed by atoms with E-state index in [2.05, 4.69) is 35.2 Å². The van der Waals surface area contributed by atoms with E-state index in [4.69, 9.17) is 14.2 Å². The number of rotatable bonds is 8. The van der Waals surface area contributed by atoms with Gasteiger partial charge in [0.2, 0.25) is 0 Å². The molecule has 0 radical (unpaired) electrons. The summed E-state index contributed by atoms with van der Waals surface area (Å²) in [4.78, 5) is 2.54. The molecule has 5 heteroatoms. The number of nitrogens with zero attached hydrogens (tertiary/aromatic N) is 1. The molecule has 0 saturated carbocycles. The molecule has 4 nitrogen and oxygen atoms in total. The van der Waals surface area contributed by atoms with Gasteiger partial charge in [0.1, 0.15) is 23.1 Å². The number of hydrogen-bond donors (Lipinski definition) is 0. The minimum absolute atomic E-state index is 0.0767. The predicted octanol–water partition coefficient (Wildman–Crippen LogP) is 6.40. The van der Waals surface area contributed by atoms with Gasteiger partial charge in [-0.1, -0.05) is 36.8 Å². The number of likely N-dealkylation sites (tertiary alicyclic amines) is 1. The van der Waals surface area contributed by atoms with Crippen molar-refractivity contribution < 1.29 is 18.6 Å². The molecule has 0 bridgehead atoms. The van der Waals surface area contributed by atoms with Gasteiger partial charge in [-0.3, -0.25) is 0 Å². The summed E-state index contributed by atoms with van der Waals surface area (Å²) in [5.74, 6) is 2.44. The van der Waals surface area contributed by atoms with Crippen molar-refractivity contribution in [2.24, 2.45) is 0 Å².